The lowest BCUT2D eigenvalue weighted by Gasteiger charge is -2.34. The van der Waals surface area contributed by atoms with Crippen molar-refractivity contribution in [2.75, 3.05) is 18.0 Å². The minimum Gasteiger partial charge on any atom is -0.355 e. The Bertz CT molecular complexity index is 1070. The van der Waals surface area contributed by atoms with E-state index in [9.17, 15) is 4.79 Å². The Morgan fingerprint density at radius 1 is 1.19 bits per heavy atom. The SMILES string of the molecule is C[C@@H](NC(=O)[C@@H]1CCCN(c2ncccc2-c2noc(C3CCC3)n2)C1)c1cccnc1. The molecule has 2 fully saturated rings. The molecule has 0 bridgehead atoms. The first-order valence-corrected chi connectivity index (χ1v) is 11.4. The van der Waals surface area contributed by atoms with Gasteiger partial charge in [0, 0.05) is 37.6 Å². The van der Waals surface area contributed by atoms with E-state index in [1.54, 1.807) is 18.6 Å². The summed E-state index contributed by atoms with van der Waals surface area (Å²) in [5, 5.41) is 7.38. The van der Waals surface area contributed by atoms with Gasteiger partial charge in [0.2, 0.25) is 17.6 Å². The number of hydrogen-bond donors (Lipinski definition) is 1. The molecule has 3 aromatic rings. The fraction of sp³-hybridized carbons (Fsp3) is 0.458. The van der Waals surface area contributed by atoms with Crippen LogP contribution in [0.4, 0.5) is 5.82 Å². The van der Waals surface area contributed by atoms with E-state index in [4.69, 9.17) is 4.52 Å². The van der Waals surface area contributed by atoms with Crippen molar-refractivity contribution >= 4 is 11.7 Å². The molecule has 1 aliphatic carbocycles. The number of amides is 1. The summed E-state index contributed by atoms with van der Waals surface area (Å²) in [6.07, 6.45) is 10.5. The fourth-order valence-corrected chi connectivity index (χ4v) is 4.42. The zero-order chi connectivity index (χ0) is 21.9. The average molecular weight is 433 g/mol. The van der Waals surface area contributed by atoms with Gasteiger partial charge in [-0.3, -0.25) is 9.78 Å². The van der Waals surface area contributed by atoms with Gasteiger partial charge in [0.15, 0.2) is 0 Å². The van der Waals surface area contributed by atoms with Crippen molar-refractivity contribution < 1.29 is 9.32 Å². The molecule has 2 atom stereocenters. The Kier molecular flexibility index (Phi) is 5.83. The van der Waals surface area contributed by atoms with Crippen LogP contribution in [0.5, 0.6) is 0 Å². The Hall–Kier alpha value is -3.29. The highest BCUT2D eigenvalue weighted by atomic mass is 16.5. The van der Waals surface area contributed by atoms with Gasteiger partial charge >= 0.3 is 0 Å². The summed E-state index contributed by atoms with van der Waals surface area (Å²) in [5.74, 6) is 2.46. The second kappa shape index (κ2) is 9.06. The minimum absolute atomic E-state index is 0.0652. The highest BCUT2D eigenvalue weighted by molar-refractivity contribution is 5.80. The van der Waals surface area contributed by atoms with Crippen LogP contribution in [0, 0.1) is 5.92 Å². The number of anilines is 1. The van der Waals surface area contributed by atoms with Gasteiger partial charge in [-0.15, -0.1) is 0 Å². The van der Waals surface area contributed by atoms with E-state index >= 15 is 0 Å². The summed E-state index contributed by atoms with van der Waals surface area (Å²) >= 11 is 0. The first kappa shape index (κ1) is 20.6. The molecular weight excluding hydrogens is 404 g/mol. The standard InChI is InChI=1S/C24H28N6O2/c1-16(18-8-3-11-25-14-18)27-23(31)19-9-5-13-30(15-19)22-20(10-4-12-26-22)21-28-24(32-29-21)17-6-2-7-17/h3-4,8,10-12,14,16-17,19H,2,5-7,9,13,15H2,1H3,(H,27,31)/t16-,19-/m1/s1. The molecule has 166 valence electrons. The molecule has 8 heteroatoms. The predicted octanol–water partition coefficient (Wildman–Crippen LogP) is 3.89. The van der Waals surface area contributed by atoms with E-state index in [0.717, 1.165) is 55.1 Å². The summed E-state index contributed by atoms with van der Waals surface area (Å²) in [5.41, 5.74) is 1.85. The maximum Gasteiger partial charge on any atom is 0.230 e. The van der Waals surface area contributed by atoms with Gasteiger partial charge < -0.3 is 14.7 Å². The summed E-state index contributed by atoms with van der Waals surface area (Å²) in [7, 11) is 0. The van der Waals surface area contributed by atoms with Crippen LogP contribution in [0.15, 0.2) is 47.4 Å². The van der Waals surface area contributed by atoms with Gasteiger partial charge in [0.05, 0.1) is 17.5 Å². The number of aromatic nitrogens is 4. The van der Waals surface area contributed by atoms with Crippen molar-refractivity contribution in [2.24, 2.45) is 5.92 Å². The van der Waals surface area contributed by atoms with Crippen LogP contribution in [-0.2, 0) is 4.79 Å². The molecule has 0 aromatic carbocycles. The van der Waals surface area contributed by atoms with E-state index in [1.165, 1.54) is 6.42 Å². The lowest BCUT2D eigenvalue weighted by Crippen LogP contribution is -2.44. The largest absolute Gasteiger partial charge is 0.355 e. The quantitative estimate of drug-likeness (QED) is 0.631. The number of piperidine rings is 1. The van der Waals surface area contributed by atoms with Gasteiger partial charge in [-0.05, 0) is 56.4 Å². The molecule has 1 amide bonds. The Morgan fingerprint density at radius 3 is 2.84 bits per heavy atom. The molecule has 1 saturated heterocycles. The van der Waals surface area contributed by atoms with Crippen molar-refractivity contribution in [1.82, 2.24) is 25.4 Å². The Balaban J connectivity index is 1.30. The van der Waals surface area contributed by atoms with Crippen LogP contribution in [0.2, 0.25) is 0 Å². The number of rotatable bonds is 6. The lowest BCUT2D eigenvalue weighted by atomic mass is 9.85. The zero-order valence-corrected chi connectivity index (χ0v) is 18.3. The van der Waals surface area contributed by atoms with E-state index < -0.39 is 0 Å². The van der Waals surface area contributed by atoms with Crippen molar-refractivity contribution in [1.29, 1.82) is 0 Å². The van der Waals surface area contributed by atoms with Gasteiger partial charge in [0.1, 0.15) is 5.82 Å². The van der Waals surface area contributed by atoms with Crippen LogP contribution >= 0.6 is 0 Å². The summed E-state index contributed by atoms with van der Waals surface area (Å²) in [6, 6.07) is 7.65. The van der Waals surface area contributed by atoms with Gasteiger partial charge in [-0.2, -0.15) is 4.98 Å². The molecule has 2 aliphatic rings. The van der Waals surface area contributed by atoms with E-state index in [0.29, 0.717) is 18.3 Å². The first-order chi connectivity index (χ1) is 15.7. The molecule has 1 aliphatic heterocycles. The summed E-state index contributed by atoms with van der Waals surface area (Å²) in [6.45, 7) is 3.45. The molecule has 8 nitrogen and oxygen atoms in total. The smallest absolute Gasteiger partial charge is 0.230 e. The van der Waals surface area contributed by atoms with Crippen molar-refractivity contribution in [2.45, 2.75) is 51.0 Å². The van der Waals surface area contributed by atoms with Crippen molar-refractivity contribution in [3.05, 3.63) is 54.3 Å². The number of nitrogens with zero attached hydrogens (tertiary/aromatic N) is 5. The third-order valence-corrected chi connectivity index (χ3v) is 6.56. The molecular formula is C24H28N6O2. The van der Waals surface area contributed by atoms with Crippen molar-refractivity contribution in [3.63, 3.8) is 0 Å². The lowest BCUT2D eigenvalue weighted by molar-refractivity contribution is -0.125. The van der Waals surface area contributed by atoms with Crippen LogP contribution in [0.25, 0.3) is 11.4 Å². The Morgan fingerprint density at radius 2 is 2.06 bits per heavy atom. The Labute approximate surface area is 187 Å². The van der Waals surface area contributed by atoms with E-state index in [2.05, 4.69) is 30.3 Å². The molecule has 3 aromatic heterocycles. The fourth-order valence-electron chi connectivity index (χ4n) is 4.42. The van der Waals surface area contributed by atoms with Crippen molar-refractivity contribution in [3.8, 4) is 11.4 Å². The van der Waals surface area contributed by atoms with Gasteiger partial charge in [-0.25, -0.2) is 4.98 Å². The zero-order valence-electron chi connectivity index (χ0n) is 18.3. The number of carbonyl (C=O) groups is 1. The predicted molar refractivity (Wildman–Crippen MR) is 120 cm³/mol. The monoisotopic (exact) mass is 432 g/mol. The van der Waals surface area contributed by atoms with Gasteiger partial charge in [0.25, 0.3) is 0 Å². The molecule has 4 heterocycles. The minimum atomic E-state index is -0.103. The third kappa shape index (κ3) is 4.22. The van der Waals surface area contributed by atoms with E-state index in [-0.39, 0.29) is 17.9 Å². The topological polar surface area (TPSA) is 97.0 Å². The molecule has 0 radical (unpaired) electrons. The maximum atomic E-state index is 13.0. The molecule has 1 N–H and O–H groups in total. The number of nitrogens with one attached hydrogen (secondary N) is 1. The third-order valence-electron chi connectivity index (χ3n) is 6.56. The second-order valence-corrected chi connectivity index (χ2v) is 8.76. The van der Waals surface area contributed by atoms with Gasteiger partial charge in [-0.1, -0.05) is 17.6 Å². The van der Waals surface area contributed by atoms with Crippen LogP contribution in [-0.4, -0.2) is 39.1 Å². The molecule has 0 unspecified atom stereocenters. The summed E-state index contributed by atoms with van der Waals surface area (Å²) in [4.78, 5) is 28.6. The second-order valence-electron chi connectivity index (χ2n) is 8.76. The van der Waals surface area contributed by atoms with Crippen LogP contribution in [0.1, 0.15) is 62.4 Å². The number of hydrogen-bond acceptors (Lipinski definition) is 7. The van der Waals surface area contributed by atoms with Crippen LogP contribution in [0.3, 0.4) is 0 Å². The highest BCUT2D eigenvalue weighted by Crippen LogP contribution is 2.37. The summed E-state index contributed by atoms with van der Waals surface area (Å²) < 4.78 is 5.53. The maximum absolute atomic E-state index is 13.0. The highest BCUT2D eigenvalue weighted by Gasteiger charge is 2.30. The molecule has 0 spiro atoms. The van der Waals surface area contributed by atoms with E-state index in [1.807, 2.05) is 31.2 Å². The average Bonchev–Trinajstić information content (AvgIpc) is 3.28. The molecule has 1 saturated carbocycles. The van der Waals surface area contributed by atoms with Crippen LogP contribution < -0.4 is 10.2 Å². The number of pyridine rings is 2. The molecule has 32 heavy (non-hydrogen) atoms. The molecule has 5 rings (SSSR count). The first-order valence-electron chi connectivity index (χ1n) is 11.4. The normalized spacial score (nSPS) is 19.9. The number of carbonyl (C=O) groups excluding carboxylic acids is 1.